The second kappa shape index (κ2) is 9.16. The molecule has 0 fully saturated rings. The molecule has 0 spiro atoms. The van der Waals surface area contributed by atoms with Crippen LogP contribution in [0.5, 0.6) is 5.75 Å². The number of ether oxygens (including phenoxy) is 1. The van der Waals surface area contributed by atoms with E-state index in [0.717, 1.165) is 16.7 Å². The van der Waals surface area contributed by atoms with E-state index in [0.29, 0.717) is 5.75 Å². The molecule has 0 bridgehead atoms. The zero-order valence-electron chi connectivity index (χ0n) is 16.1. The van der Waals surface area contributed by atoms with Gasteiger partial charge in [-0.1, -0.05) is 24.3 Å². The molecule has 2 aromatic carbocycles. The largest absolute Gasteiger partial charge is 0.483 e. The molecule has 0 aliphatic heterocycles. The van der Waals surface area contributed by atoms with Crippen LogP contribution in [0.3, 0.4) is 0 Å². The number of benzene rings is 2. The molecule has 144 valence electrons. The van der Waals surface area contributed by atoms with Crippen molar-refractivity contribution < 1.29 is 18.7 Å². The van der Waals surface area contributed by atoms with E-state index in [1.165, 1.54) is 24.1 Å². The summed E-state index contributed by atoms with van der Waals surface area (Å²) in [6, 6.07) is 10.9. The molecule has 0 aromatic heterocycles. The Hall–Kier alpha value is -2.89. The molecule has 0 radical (unpaired) electrons. The number of aryl methyl sites for hydroxylation is 2. The average Bonchev–Trinajstić information content (AvgIpc) is 2.66. The van der Waals surface area contributed by atoms with Gasteiger partial charge in [0.15, 0.2) is 6.61 Å². The fraction of sp³-hybridized carbons (Fsp3) is 0.333. The number of amides is 2. The summed E-state index contributed by atoms with van der Waals surface area (Å²) >= 11 is 0. The number of halogens is 1. The van der Waals surface area contributed by atoms with Crippen LogP contribution in [-0.2, 0) is 16.1 Å². The minimum atomic E-state index is -0.685. The standard InChI is InChI=1S/C21H25FN2O3/c1-14-5-6-15(2)19(11-14)27-13-20(25)24(16(3)21(26)23-4)12-17-7-9-18(22)10-8-17/h5-11,16H,12-13H2,1-4H3,(H,23,26)/t16-/m1/s1. The second-order valence-electron chi connectivity index (χ2n) is 6.50. The molecule has 0 aliphatic carbocycles. The topological polar surface area (TPSA) is 58.6 Å². The van der Waals surface area contributed by atoms with E-state index in [2.05, 4.69) is 5.32 Å². The first-order valence-corrected chi connectivity index (χ1v) is 8.77. The fourth-order valence-corrected chi connectivity index (χ4v) is 2.66. The molecule has 27 heavy (non-hydrogen) atoms. The molecule has 0 unspecified atom stereocenters. The first-order chi connectivity index (χ1) is 12.8. The number of rotatable bonds is 7. The molecular formula is C21H25FN2O3. The van der Waals surface area contributed by atoms with E-state index in [9.17, 15) is 14.0 Å². The van der Waals surface area contributed by atoms with E-state index in [1.54, 1.807) is 19.1 Å². The Morgan fingerprint density at radius 2 is 1.81 bits per heavy atom. The Bertz CT molecular complexity index is 806. The first-order valence-electron chi connectivity index (χ1n) is 8.77. The summed E-state index contributed by atoms with van der Waals surface area (Å²) in [5.41, 5.74) is 2.69. The van der Waals surface area contributed by atoms with Crippen LogP contribution in [0, 0.1) is 19.7 Å². The molecule has 2 rings (SSSR count). The molecule has 0 aliphatic rings. The Morgan fingerprint density at radius 1 is 1.15 bits per heavy atom. The molecule has 0 saturated heterocycles. The van der Waals surface area contributed by atoms with Crippen LogP contribution in [0.25, 0.3) is 0 Å². The van der Waals surface area contributed by atoms with E-state index in [4.69, 9.17) is 4.74 Å². The van der Waals surface area contributed by atoms with Crippen molar-refractivity contribution in [1.82, 2.24) is 10.2 Å². The van der Waals surface area contributed by atoms with Crippen molar-refractivity contribution in [2.75, 3.05) is 13.7 Å². The van der Waals surface area contributed by atoms with Gasteiger partial charge in [0.25, 0.3) is 5.91 Å². The van der Waals surface area contributed by atoms with Crippen LogP contribution in [0.15, 0.2) is 42.5 Å². The number of hydrogen-bond acceptors (Lipinski definition) is 3. The third-order valence-corrected chi connectivity index (χ3v) is 4.37. The lowest BCUT2D eigenvalue weighted by Gasteiger charge is -2.28. The summed E-state index contributed by atoms with van der Waals surface area (Å²) in [6.45, 7) is 5.50. The van der Waals surface area contributed by atoms with Crippen LogP contribution in [0.2, 0.25) is 0 Å². The summed E-state index contributed by atoms with van der Waals surface area (Å²) in [4.78, 5) is 26.3. The Kier molecular flexibility index (Phi) is 6.93. The third kappa shape index (κ3) is 5.54. The van der Waals surface area contributed by atoms with Crippen molar-refractivity contribution in [1.29, 1.82) is 0 Å². The number of carbonyl (C=O) groups excluding carboxylic acids is 2. The minimum Gasteiger partial charge on any atom is -0.483 e. The molecular weight excluding hydrogens is 347 g/mol. The maximum absolute atomic E-state index is 13.1. The van der Waals surface area contributed by atoms with Crippen molar-refractivity contribution in [3.05, 3.63) is 65.0 Å². The molecule has 1 N–H and O–H groups in total. The fourth-order valence-electron chi connectivity index (χ4n) is 2.66. The highest BCUT2D eigenvalue weighted by Crippen LogP contribution is 2.19. The summed E-state index contributed by atoms with van der Waals surface area (Å²) in [6.07, 6.45) is 0. The zero-order valence-corrected chi connectivity index (χ0v) is 16.1. The zero-order chi connectivity index (χ0) is 20.0. The maximum Gasteiger partial charge on any atom is 0.261 e. The van der Waals surface area contributed by atoms with E-state index >= 15 is 0 Å². The lowest BCUT2D eigenvalue weighted by Crippen LogP contribution is -2.48. The average molecular weight is 372 g/mol. The van der Waals surface area contributed by atoms with Gasteiger partial charge >= 0.3 is 0 Å². The van der Waals surface area contributed by atoms with Crippen molar-refractivity contribution >= 4 is 11.8 Å². The maximum atomic E-state index is 13.1. The van der Waals surface area contributed by atoms with Gasteiger partial charge in [0.1, 0.15) is 17.6 Å². The Labute approximate surface area is 159 Å². The van der Waals surface area contributed by atoms with Crippen molar-refractivity contribution in [3.8, 4) is 5.75 Å². The van der Waals surface area contributed by atoms with Gasteiger partial charge in [0.05, 0.1) is 0 Å². The number of likely N-dealkylation sites (N-methyl/N-ethyl adjacent to an activating group) is 1. The number of carbonyl (C=O) groups is 2. The molecule has 0 heterocycles. The number of nitrogens with one attached hydrogen (secondary N) is 1. The normalized spacial score (nSPS) is 11.6. The van der Waals surface area contributed by atoms with Gasteiger partial charge in [0, 0.05) is 13.6 Å². The van der Waals surface area contributed by atoms with Crippen LogP contribution < -0.4 is 10.1 Å². The molecule has 1 atom stereocenters. The second-order valence-corrected chi connectivity index (χ2v) is 6.50. The van der Waals surface area contributed by atoms with E-state index < -0.39 is 6.04 Å². The molecule has 6 heteroatoms. The highest BCUT2D eigenvalue weighted by atomic mass is 19.1. The number of nitrogens with zero attached hydrogens (tertiary/aromatic N) is 1. The van der Waals surface area contributed by atoms with E-state index in [-0.39, 0.29) is 30.8 Å². The van der Waals surface area contributed by atoms with Crippen molar-refractivity contribution in [2.24, 2.45) is 0 Å². The minimum absolute atomic E-state index is 0.184. The molecule has 2 aromatic rings. The van der Waals surface area contributed by atoms with Gasteiger partial charge in [-0.3, -0.25) is 9.59 Å². The third-order valence-electron chi connectivity index (χ3n) is 4.37. The first kappa shape index (κ1) is 20.4. The van der Waals surface area contributed by atoms with Gasteiger partial charge in [-0.25, -0.2) is 4.39 Å². The molecule has 0 saturated carbocycles. The van der Waals surface area contributed by atoms with Gasteiger partial charge in [-0.2, -0.15) is 0 Å². The summed E-state index contributed by atoms with van der Waals surface area (Å²) in [7, 11) is 1.52. The van der Waals surface area contributed by atoms with Crippen LogP contribution in [-0.4, -0.2) is 36.4 Å². The predicted molar refractivity (Wildman–Crippen MR) is 102 cm³/mol. The van der Waals surface area contributed by atoms with Crippen LogP contribution >= 0.6 is 0 Å². The SMILES string of the molecule is CNC(=O)[C@@H](C)N(Cc1ccc(F)cc1)C(=O)COc1cc(C)ccc1C. The lowest BCUT2D eigenvalue weighted by atomic mass is 10.1. The van der Waals surface area contributed by atoms with Gasteiger partial charge in [0.2, 0.25) is 5.91 Å². The summed E-state index contributed by atoms with van der Waals surface area (Å²) in [5.74, 6) is -0.319. The van der Waals surface area contributed by atoms with Crippen LogP contribution in [0.1, 0.15) is 23.6 Å². The van der Waals surface area contributed by atoms with Gasteiger partial charge < -0.3 is 15.0 Å². The smallest absolute Gasteiger partial charge is 0.261 e. The quantitative estimate of drug-likeness (QED) is 0.813. The Morgan fingerprint density at radius 3 is 2.44 bits per heavy atom. The predicted octanol–water partition coefficient (Wildman–Crippen LogP) is 2.98. The monoisotopic (exact) mass is 372 g/mol. The van der Waals surface area contributed by atoms with Gasteiger partial charge in [-0.05, 0) is 55.7 Å². The summed E-state index contributed by atoms with van der Waals surface area (Å²) in [5, 5.41) is 2.55. The summed E-state index contributed by atoms with van der Waals surface area (Å²) < 4.78 is 18.8. The highest BCUT2D eigenvalue weighted by molar-refractivity contribution is 5.87. The van der Waals surface area contributed by atoms with Crippen molar-refractivity contribution in [3.63, 3.8) is 0 Å². The Balaban J connectivity index is 2.15. The number of hydrogen-bond donors (Lipinski definition) is 1. The van der Waals surface area contributed by atoms with Gasteiger partial charge in [-0.15, -0.1) is 0 Å². The molecule has 5 nitrogen and oxygen atoms in total. The van der Waals surface area contributed by atoms with Crippen LogP contribution in [0.4, 0.5) is 4.39 Å². The van der Waals surface area contributed by atoms with E-state index in [1.807, 2.05) is 32.0 Å². The molecule has 2 amide bonds. The van der Waals surface area contributed by atoms with Crippen molar-refractivity contribution in [2.45, 2.75) is 33.4 Å². The lowest BCUT2D eigenvalue weighted by molar-refractivity contribution is -0.142. The highest BCUT2D eigenvalue weighted by Gasteiger charge is 2.26.